The zero-order valence-corrected chi connectivity index (χ0v) is 12.8. The maximum absolute atomic E-state index is 13.7. The van der Waals surface area contributed by atoms with Gasteiger partial charge in [-0.2, -0.15) is 0 Å². The van der Waals surface area contributed by atoms with Crippen LogP contribution in [0.25, 0.3) is 11.0 Å². The lowest BCUT2D eigenvalue weighted by atomic mass is 10.2. The zero-order chi connectivity index (χ0) is 14.9. The maximum Gasteiger partial charge on any atom is 0.201 e. The molecule has 1 atom stereocenters. The van der Waals surface area contributed by atoms with Crippen LogP contribution in [0.3, 0.4) is 0 Å². The lowest BCUT2D eigenvalue weighted by molar-refractivity contribution is 0.264. The number of anilines is 1. The van der Waals surface area contributed by atoms with Gasteiger partial charge in [0.15, 0.2) is 0 Å². The molecule has 0 radical (unpaired) electrons. The number of halogens is 2. The smallest absolute Gasteiger partial charge is 0.201 e. The summed E-state index contributed by atoms with van der Waals surface area (Å²) in [6.45, 7) is 9.06. The highest BCUT2D eigenvalue weighted by atomic mass is 35.5. The summed E-state index contributed by atoms with van der Waals surface area (Å²) in [7, 11) is 0. The minimum absolute atomic E-state index is 0.0681. The molecule has 20 heavy (non-hydrogen) atoms. The van der Waals surface area contributed by atoms with Crippen LogP contribution in [-0.4, -0.2) is 34.1 Å². The summed E-state index contributed by atoms with van der Waals surface area (Å²) in [4.78, 5) is 6.56. The van der Waals surface area contributed by atoms with Gasteiger partial charge in [-0.15, -0.1) is 0 Å². The number of hydrogen-bond acceptors (Lipinski definition) is 3. The van der Waals surface area contributed by atoms with Crippen LogP contribution in [0, 0.1) is 5.82 Å². The van der Waals surface area contributed by atoms with Crippen molar-refractivity contribution in [3.8, 4) is 0 Å². The van der Waals surface area contributed by atoms with E-state index in [1.54, 1.807) is 0 Å². The third-order valence-electron chi connectivity index (χ3n) is 3.62. The second-order valence-electron chi connectivity index (χ2n) is 4.93. The molecule has 0 saturated heterocycles. The lowest BCUT2D eigenvalue weighted by Gasteiger charge is -2.24. The lowest BCUT2D eigenvalue weighted by Crippen LogP contribution is -2.30. The van der Waals surface area contributed by atoms with Crippen molar-refractivity contribution in [1.82, 2.24) is 14.5 Å². The Morgan fingerprint density at radius 3 is 2.65 bits per heavy atom. The van der Waals surface area contributed by atoms with Crippen LogP contribution in [-0.2, 0) is 0 Å². The first kappa shape index (κ1) is 15.1. The second-order valence-corrected chi connectivity index (χ2v) is 5.34. The Morgan fingerprint density at radius 2 is 2.05 bits per heavy atom. The third kappa shape index (κ3) is 2.74. The fraction of sp³-hybridized carbons (Fsp3) is 0.500. The van der Waals surface area contributed by atoms with Crippen LogP contribution in [0.1, 0.15) is 26.8 Å². The second kappa shape index (κ2) is 5.97. The Balaban J connectivity index is 2.42. The van der Waals surface area contributed by atoms with Crippen molar-refractivity contribution < 1.29 is 4.39 Å². The van der Waals surface area contributed by atoms with Gasteiger partial charge in [0.2, 0.25) is 5.95 Å². The van der Waals surface area contributed by atoms with Gasteiger partial charge in [0.1, 0.15) is 5.82 Å². The molecule has 0 spiro atoms. The van der Waals surface area contributed by atoms with E-state index < -0.39 is 5.82 Å². The fourth-order valence-corrected chi connectivity index (χ4v) is 2.67. The van der Waals surface area contributed by atoms with E-state index in [2.05, 4.69) is 30.7 Å². The van der Waals surface area contributed by atoms with E-state index in [1.165, 1.54) is 12.1 Å². The van der Waals surface area contributed by atoms with E-state index in [1.807, 2.05) is 4.57 Å². The number of benzene rings is 1. The summed E-state index contributed by atoms with van der Waals surface area (Å²) in [6, 6.07) is 3.03. The summed E-state index contributed by atoms with van der Waals surface area (Å²) >= 11 is 5.78. The van der Waals surface area contributed by atoms with Crippen LogP contribution < -0.4 is 5.73 Å². The monoisotopic (exact) mass is 298 g/mol. The molecule has 0 bridgehead atoms. The molecule has 0 aliphatic carbocycles. The number of nitrogens with zero attached hydrogens (tertiary/aromatic N) is 3. The van der Waals surface area contributed by atoms with Gasteiger partial charge in [-0.05, 0) is 26.1 Å². The topological polar surface area (TPSA) is 47.1 Å². The quantitative estimate of drug-likeness (QED) is 0.921. The number of nitrogens with two attached hydrogens (primary N) is 1. The zero-order valence-electron chi connectivity index (χ0n) is 12.0. The standard InChI is InChI=1S/C14H20ClFN4/c1-4-19(5-2)8-9(3)20-13-7-11(16)10(15)6-12(13)18-14(20)17/h6-7,9H,4-5,8H2,1-3H3,(H2,17,18). The van der Waals surface area contributed by atoms with Crippen molar-refractivity contribution in [2.75, 3.05) is 25.4 Å². The number of fused-ring (bicyclic) bond motifs is 1. The first-order chi connectivity index (χ1) is 9.47. The minimum Gasteiger partial charge on any atom is -0.369 e. The van der Waals surface area contributed by atoms with Crippen LogP contribution in [0.2, 0.25) is 5.02 Å². The van der Waals surface area contributed by atoms with E-state index in [-0.39, 0.29) is 11.1 Å². The molecule has 0 saturated carbocycles. The molecule has 1 unspecified atom stereocenters. The van der Waals surface area contributed by atoms with E-state index >= 15 is 0 Å². The predicted molar refractivity (Wildman–Crippen MR) is 81.6 cm³/mol. The summed E-state index contributed by atoms with van der Waals surface area (Å²) < 4.78 is 15.5. The first-order valence-corrected chi connectivity index (χ1v) is 7.20. The van der Waals surface area contributed by atoms with Crippen LogP contribution >= 0.6 is 11.6 Å². The third-order valence-corrected chi connectivity index (χ3v) is 3.91. The fourth-order valence-electron chi connectivity index (χ4n) is 2.51. The molecule has 6 heteroatoms. The van der Waals surface area contributed by atoms with Crippen molar-refractivity contribution in [1.29, 1.82) is 0 Å². The van der Waals surface area contributed by atoms with Gasteiger partial charge in [-0.1, -0.05) is 25.4 Å². The molecule has 0 amide bonds. The van der Waals surface area contributed by atoms with E-state index in [0.717, 1.165) is 19.6 Å². The Labute approximate surface area is 123 Å². The van der Waals surface area contributed by atoms with Gasteiger partial charge in [0, 0.05) is 18.7 Å². The predicted octanol–water partition coefficient (Wildman–Crippen LogP) is 3.31. The summed E-state index contributed by atoms with van der Waals surface area (Å²) in [6.07, 6.45) is 0. The van der Waals surface area contributed by atoms with Gasteiger partial charge in [0.25, 0.3) is 0 Å². The van der Waals surface area contributed by atoms with Crippen molar-refractivity contribution in [3.05, 3.63) is 23.0 Å². The average molecular weight is 299 g/mol. The SMILES string of the molecule is CCN(CC)CC(C)n1c(N)nc2cc(Cl)c(F)cc21. The molecule has 1 aromatic carbocycles. The molecule has 0 aliphatic rings. The summed E-state index contributed by atoms with van der Waals surface area (Å²) in [5, 5.41) is 0.0681. The van der Waals surface area contributed by atoms with Crippen molar-refractivity contribution in [3.63, 3.8) is 0 Å². The Kier molecular flexibility index (Phi) is 4.50. The molecule has 0 aliphatic heterocycles. The molecular weight excluding hydrogens is 279 g/mol. The molecule has 2 rings (SSSR count). The van der Waals surface area contributed by atoms with Gasteiger partial charge < -0.3 is 15.2 Å². The summed E-state index contributed by atoms with van der Waals surface area (Å²) in [5.74, 6) is -0.0586. The number of rotatable bonds is 5. The number of likely N-dealkylation sites (N-methyl/N-ethyl adjacent to an activating group) is 1. The highest BCUT2D eigenvalue weighted by Gasteiger charge is 2.17. The Hall–Kier alpha value is -1.33. The number of hydrogen-bond donors (Lipinski definition) is 1. The molecule has 4 nitrogen and oxygen atoms in total. The first-order valence-electron chi connectivity index (χ1n) is 6.82. The van der Waals surface area contributed by atoms with E-state index in [0.29, 0.717) is 17.0 Å². The van der Waals surface area contributed by atoms with Gasteiger partial charge in [-0.25, -0.2) is 9.37 Å². The Morgan fingerprint density at radius 1 is 1.40 bits per heavy atom. The molecule has 1 heterocycles. The van der Waals surface area contributed by atoms with Gasteiger partial charge in [0.05, 0.1) is 16.1 Å². The van der Waals surface area contributed by atoms with Crippen LogP contribution in [0.15, 0.2) is 12.1 Å². The van der Waals surface area contributed by atoms with Gasteiger partial charge in [-0.3, -0.25) is 0 Å². The molecule has 110 valence electrons. The van der Waals surface area contributed by atoms with Gasteiger partial charge >= 0.3 is 0 Å². The number of imidazole rings is 1. The molecule has 1 aromatic heterocycles. The van der Waals surface area contributed by atoms with Crippen LogP contribution in [0.4, 0.5) is 10.3 Å². The van der Waals surface area contributed by atoms with Crippen molar-refractivity contribution in [2.45, 2.75) is 26.8 Å². The van der Waals surface area contributed by atoms with Crippen molar-refractivity contribution >= 4 is 28.6 Å². The Bertz CT molecular complexity index is 607. The molecule has 2 N–H and O–H groups in total. The highest BCUT2D eigenvalue weighted by molar-refractivity contribution is 6.31. The molecule has 0 fully saturated rings. The maximum atomic E-state index is 13.7. The largest absolute Gasteiger partial charge is 0.369 e. The van der Waals surface area contributed by atoms with Crippen LogP contribution in [0.5, 0.6) is 0 Å². The highest BCUT2D eigenvalue weighted by Crippen LogP contribution is 2.27. The normalized spacial score (nSPS) is 13.3. The minimum atomic E-state index is -0.449. The van der Waals surface area contributed by atoms with Crippen molar-refractivity contribution in [2.24, 2.45) is 0 Å². The van der Waals surface area contributed by atoms with E-state index in [9.17, 15) is 4.39 Å². The number of nitrogen functional groups attached to an aromatic ring is 1. The summed E-state index contributed by atoms with van der Waals surface area (Å²) in [5.41, 5.74) is 7.29. The average Bonchev–Trinajstić information content (AvgIpc) is 2.71. The molecular formula is C14H20ClFN4. The van der Waals surface area contributed by atoms with E-state index in [4.69, 9.17) is 17.3 Å². The number of aromatic nitrogens is 2. The molecule has 2 aromatic rings.